The minimum absolute atomic E-state index is 0.239. The van der Waals surface area contributed by atoms with Crippen LogP contribution in [0.15, 0.2) is 36.4 Å². The molecule has 0 aliphatic carbocycles. The van der Waals surface area contributed by atoms with Gasteiger partial charge in [-0.1, -0.05) is 12.1 Å². The van der Waals surface area contributed by atoms with Crippen LogP contribution in [0.2, 0.25) is 0 Å². The molecule has 0 bridgehead atoms. The predicted octanol–water partition coefficient (Wildman–Crippen LogP) is 1.90. The monoisotopic (exact) mass is 387 g/mol. The second kappa shape index (κ2) is 8.98. The number of carbonyl (C=O) groups excluding carboxylic acids is 1. The van der Waals surface area contributed by atoms with Gasteiger partial charge in [-0.25, -0.2) is 4.79 Å². The summed E-state index contributed by atoms with van der Waals surface area (Å²) >= 11 is 0. The van der Waals surface area contributed by atoms with Crippen molar-refractivity contribution >= 4 is 11.9 Å². The lowest BCUT2D eigenvalue weighted by Crippen LogP contribution is -2.26. The third-order valence-corrected chi connectivity index (χ3v) is 4.08. The fraction of sp³-hybridized carbons (Fsp3) is 0.300. The maximum atomic E-state index is 12.5. The van der Waals surface area contributed by atoms with E-state index in [2.05, 4.69) is 5.32 Å². The van der Waals surface area contributed by atoms with E-state index in [4.69, 9.17) is 24.1 Å². The number of carbonyl (C=O) groups is 2. The zero-order chi connectivity index (χ0) is 19.9. The molecule has 28 heavy (non-hydrogen) atoms. The summed E-state index contributed by atoms with van der Waals surface area (Å²) in [5.41, 5.74) is 1.42. The molecule has 1 aliphatic heterocycles. The van der Waals surface area contributed by atoms with Crippen molar-refractivity contribution in [3.05, 3.63) is 47.5 Å². The van der Waals surface area contributed by atoms with Gasteiger partial charge in [-0.15, -0.1) is 0 Å². The van der Waals surface area contributed by atoms with Crippen molar-refractivity contribution in [1.82, 2.24) is 5.32 Å². The first-order valence-electron chi connectivity index (χ1n) is 8.76. The summed E-state index contributed by atoms with van der Waals surface area (Å²) in [6.45, 7) is 0.918. The fourth-order valence-corrected chi connectivity index (χ4v) is 2.72. The van der Waals surface area contributed by atoms with Crippen LogP contribution in [0, 0.1) is 0 Å². The zero-order valence-corrected chi connectivity index (χ0v) is 15.4. The van der Waals surface area contributed by atoms with E-state index in [1.54, 1.807) is 24.3 Å². The number of fused-ring (bicyclic) bond motifs is 1. The Labute approximate surface area is 162 Å². The van der Waals surface area contributed by atoms with Crippen LogP contribution in [0.3, 0.4) is 0 Å². The lowest BCUT2D eigenvalue weighted by atomic mass is 10.1. The Morgan fingerprint density at radius 2 is 1.89 bits per heavy atom. The van der Waals surface area contributed by atoms with Gasteiger partial charge in [0.2, 0.25) is 5.75 Å². The summed E-state index contributed by atoms with van der Waals surface area (Å²) in [5.74, 6) is 0.681. The quantitative estimate of drug-likeness (QED) is 0.713. The highest BCUT2D eigenvalue weighted by atomic mass is 16.6. The number of benzene rings is 2. The zero-order valence-electron chi connectivity index (χ0n) is 15.4. The van der Waals surface area contributed by atoms with Crippen LogP contribution < -0.4 is 24.3 Å². The number of hydrogen-bond donors (Lipinski definition) is 2. The van der Waals surface area contributed by atoms with Crippen molar-refractivity contribution in [2.45, 2.75) is 6.42 Å². The van der Waals surface area contributed by atoms with E-state index >= 15 is 0 Å². The SMILES string of the molecule is COc1cc(C(=O)NCCc2ccc(OCC(=O)O)cc2)cc2c1OCCO2. The number of amides is 1. The Morgan fingerprint density at radius 1 is 1.14 bits per heavy atom. The Kier molecular flexibility index (Phi) is 6.21. The Bertz CT molecular complexity index is 831. The number of methoxy groups -OCH3 is 1. The minimum Gasteiger partial charge on any atom is -0.493 e. The molecule has 0 atom stereocenters. The first kappa shape index (κ1) is 19.3. The van der Waals surface area contributed by atoms with Crippen molar-refractivity contribution in [3.63, 3.8) is 0 Å². The van der Waals surface area contributed by atoms with Gasteiger partial charge in [-0.2, -0.15) is 0 Å². The third kappa shape index (κ3) is 4.85. The van der Waals surface area contributed by atoms with Crippen LogP contribution in [0.5, 0.6) is 23.0 Å². The van der Waals surface area contributed by atoms with Crippen molar-refractivity contribution in [2.24, 2.45) is 0 Å². The van der Waals surface area contributed by atoms with Gasteiger partial charge in [-0.05, 0) is 36.2 Å². The highest BCUT2D eigenvalue weighted by Gasteiger charge is 2.20. The maximum Gasteiger partial charge on any atom is 0.341 e. The van der Waals surface area contributed by atoms with Crippen LogP contribution in [0.25, 0.3) is 0 Å². The summed E-state index contributed by atoms with van der Waals surface area (Å²) in [4.78, 5) is 22.9. The topological polar surface area (TPSA) is 103 Å². The van der Waals surface area contributed by atoms with Gasteiger partial charge < -0.3 is 29.4 Å². The smallest absolute Gasteiger partial charge is 0.341 e. The number of carboxylic acid groups (broad SMARTS) is 1. The summed E-state index contributed by atoms with van der Waals surface area (Å²) in [5, 5.41) is 11.5. The van der Waals surface area contributed by atoms with E-state index in [-0.39, 0.29) is 12.5 Å². The number of nitrogens with one attached hydrogen (secondary N) is 1. The van der Waals surface area contributed by atoms with Crippen LogP contribution in [0.1, 0.15) is 15.9 Å². The Balaban J connectivity index is 1.55. The molecule has 0 fully saturated rings. The average molecular weight is 387 g/mol. The van der Waals surface area contributed by atoms with Gasteiger partial charge in [0.1, 0.15) is 19.0 Å². The summed E-state index contributed by atoms with van der Waals surface area (Å²) in [6, 6.07) is 10.3. The number of carboxylic acids is 1. The number of rotatable bonds is 8. The number of ether oxygens (including phenoxy) is 4. The van der Waals surface area contributed by atoms with Crippen LogP contribution in [-0.4, -0.2) is 50.5 Å². The minimum atomic E-state index is -1.03. The molecular weight excluding hydrogens is 366 g/mol. The third-order valence-electron chi connectivity index (χ3n) is 4.08. The second-order valence-corrected chi connectivity index (χ2v) is 6.03. The number of aliphatic carboxylic acids is 1. The van der Waals surface area contributed by atoms with Crippen molar-refractivity contribution < 1.29 is 33.6 Å². The molecular formula is C20H21NO7. The molecule has 0 spiro atoms. The summed E-state index contributed by atoms with van der Waals surface area (Å²) in [6.07, 6.45) is 0.618. The normalized spacial score (nSPS) is 12.2. The van der Waals surface area contributed by atoms with Gasteiger partial charge in [-0.3, -0.25) is 4.79 Å². The van der Waals surface area contributed by atoms with Gasteiger partial charge in [0.15, 0.2) is 18.1 Å². The highest BCUT2D eigenvalue weighted by molar-refractivity contribution is 5.95. The van der Waals surface area contributed by atoms with E-state index in [1.165, 1.54) is 7.11 Å². The van der Waals surface area contributed by atoms with E-state index in [0.717, 1.165) is 5.56 Å². The molecule has 3 rings (SSSR count). The standard InChI is InChI=1S/C20H21NO7/c1-25-16-10-14(11-17-19(16)27-9-8-26-17)20(24)21-7-6-13-2-4-15(5-3-13)28-12-18(22)23/h2-5,10-11H,6-9,12H2,1H3,(H,21,24)(H,22,23). The predicted molar refractivity (Wildman–Crippen MR) is 99.6 cm³/mol. The van der Waals surface area contributed by atoms with E-state index < -0.39 is 5.97 Å². The molecule has 2 N–H and O–H groups in total. The molecule has 0 unspecified atom stereocenters. The molecule has 0 aromatic heterocycles. The molecule has 148 valence electrons. The molecule has 2 aromatic carbocycles. The molecule has 1 aliphatic rings. The lowest BCUT2D eigenvalue weighted by molar-refractivity contribution is -0.139. The molecule has 1 heterocycles. The summed E-state index contributed by atoms with van der Waals surface area (Å²) < 4.78 is 21.5. The lowest BCUT2D eigenvalue weighted by Gasteiger charge is -2.21. The molecule has 0 saturated carbocycles. The highest BCUT2D eigenvalue weighted by Crippen LogP contribution is 2.40. The largest absolute Gasteiger partial charge is 0.493 e. The molecule has 8 heteroatoms. The van der Waals surface area contributed by atoms with Gasteiger partial charge in [0, 0.05) is 12.1 Å². The Hall–Kier alpha value is -3.42. The number of hydrogen-bond acceptors (Lipinski definition) is 6. The first-order valence-corrected chi connectivity index (χ1v) is 8.76. The van der Waals surface area contributed by atoms with Gasteiger partial charge >= 0.3 is 5.97 Å². The van der Waals surface area contributed by atoms with Gasteiger partial charge in [0.25, 0.3) is 5.91 Å². The summed E-state index contributed by atoms with van der Waals surface area (Å²) in [7, 11) is 1.51. The van der Waals surface area contributed by atoms with Crippen molar-refractivity contribution in [1.29, 1.82) is 0 Å². The second-order valence-electron chi connectivity index (χ2n) is 6.03. The molecule has 8 nitrogen and oxygen atoms in total. The van der Waals surface area contributed by atoms with Crippen LogP contribution >= 0.6 is 0 Å². The van der Waals surface area contributed by atoms with Crippen LogP contribution in [-0.2, 0) is 11.2 Å². The van der Waals surface area contributed by atoms with E-state index in [9.17, 15) is 9.59 Å². The van der Waals surface area contributed by atoms with Crippen molar-refractivity contribution in [3.8, 4) is 23.0 Å². The Morgan fingerprint density at radius 3 is 2.61 bits per heavy atom. The van der Waals surface area contributed by atoms with Crippen LogP contribution in [0.4, 0.5) is 0 Å². The molecule has 0 radical (unpaired) electrons. The maximum absolute atomic E-state index is 12.5. The van der Waals surface area contributed by atoms with E-state index in [0.29, 0.717) is 54.7 Å². The van der Waals surface area contributed by atoms with E-state index in [1.807, 2.05) is 12.1 Å². The molecule has 0 saturated heterocycles. The molecule has 1 amide bonds. The first-order chi connectivity index (χ1) is 13.6. The van der Waals surface area contributed by atoms with Crippen molar-refractivity contribution in [2.75, 3.05) is 33.5 Å². The fourth-order valence-electron chi connectivity index (χ4n) is 2.72. The van der Waals surface area contributed by atoms with Gasteiger partial charge in [0.05, 0.1) is 7.11 Å². The average Bonchev–Trinajstić information content (AvgIpc) is 2.72. The molecule has 2 aromatic rings.